The molecule has 0 aromatic heterocycles. The van der Waals surface area contributed by atoms with Gasteiger partial charge in [0.2, 0.25) is 5.91 Å². The first-order chi connectivity index (χ1) is 11.0. The minimum atomic E-state index is -0.223. The highest BCUT2D eigenvalue weighted by Crippen LogP contribution is 2.23. The van der Waals surface area contributed by atoms with Crippen LogP contribution in [0, 0.1) is 0 Å². The molecule has 0 unspecified atom stereocenters. The Balaban J connectivity index is 1.78. The van der Waals surface area contributed by atoms with Crippen molar-refractivity contribution in [2.45, 2.75) is 18.9 Å². The molecule has 2 rings (SSSR count). The fraction of sp³-hybridized carbons (Fsp3) is 0.500. The Hall–Kier alpha value is -1.79. The van der Waals surface area contributed by atoms with Crippen LogP contribution in [0.25, 0.3) is 0 Å². The summed E-state index contributed by atoms with van der Waals surface area (Å²) in [6, 6.07) is 6.73. The van der Waals surface area contributed by atoms with Crippen LogP contribution in [-0.2, 0) is 4.79 Å². The predicted molar refractivity (Wildman–Crippen MR) is 91.9 cm³/mol. The maximum Gasteiger partial charge on any atom is 0.315 e. The predicted octanol–water partition coefficient (Wildman–Crippen LogP) is 1.70. The van der Waals surface area contributed by atoms with Crippen molar-refractivity contribution in [1.29, 1.82) is 0 Å². The van der Waals surface area contributed by atoms with Crippen LogP contribution in [0.4, 0.5) is 10.5 Å². The number of hydrogen-bond acceptors (Lipinski definition) is 3. The van der Waals surface area contributed by atoms with E-state index in [1.807, 2.05) is 26.2 Å². The Labute approximate surface area is 141 Å². The number of carbonyl (C=O) groups is 2. The highest BCUT2D eigenvalue weighted by atomic mass is 35.5. The van der Waals surface area contributed by atoms with Gasteiger partial charge in [0.1, 0.15) is 0 Å². The summed E-state index contributed by atoms with van der Waals surface area (Å²) < 4.78 is 0. The number of carbonyl (C=O) groups excluding carboxylic acids is 2. The molecule has 23 heavy (non-hydrogen) atoms. The third kappa shape index (κ3) is 5.41. The van der Waals surface area contributed by atoms with E-state index in [4.69, 9.17) is 11.6 Å². The molecule has 0 spiro atoms. The van der Waals surface area contributed by atoms with E-state index >= 15 is 0 Å². The molecule has 2 N–H and O–H groups in total. The number of halogens is 1. The van der Waals surface area contributed by atoms with E-state index in [0.717, 1.165) is 18.7 Å². The van der Waals surface area contributed by atoms with Crippen molar-refractivity contribution >= 4 is 29.2 Å². The quantitative estimate of drug-likeness (QED) is 0.776. The lowest BCUT2D eigenvalue weighted by Crippen LogP contribution is -2.43. The Morgan fingerprint density at radius 1 is 1.35 bits per heavy atom. The number of hydrogen-bond donors (Lipinski definition) is 2. The second kappa shape index (κ2) is 8.17. The van der Waals surface area contributed by atoms with Gasteiger partial charge in [-0.1, -0.05) is 11.6 Å². The van der Waals surface area contributed by atoms with E-state index in [-0.39, 0.29) is 18.0 Å². The van der Waals surface area contributed by atoms with Crippen molar-refractivity contribution < 1.29 is 9.59 Å². The maximum absolute atomic E-state index is 12.1. The zero-order valence-corrected chi connectivity index (χ0v) is 14.3. The van der Waals surface area contributed by atoms with E-state index in [1.54, 1.807) is 17.0 Å². The summed E-state index contributed by atoms with van der Waals surface area (Å²) in [5.41, 5.74) is 0.801. The molecule has 1 fully saturated rings. The molecule has 0 radical (unpaired) electrons. The van der Waals surface area contributed by atoms with Gasteiger partial charge in [-0.25, -0.2) is 4.79 Å². The summed E-state index contributed by atoms with van der Waals surface area (Å²) in [7, 11) is 3.99. The number of amides is 3. The van der Waals surface area contributed by atoms with Gasteiger partial charge in [-0.15, -0.1) is 0 Å². The Morgan fingerprint density at radius 3 is 2.70 bits per heavy atom. The second-order valence-electron chi connectivity index (χ2n) is 5.94. The lowest BCUT2D eigenvalue weighted by atomic mass is 10.2. The van der Waals surface area contributed by atoms with Gasteiger partial charge < -0.3 is 20.4 Å². The van der Waals surface area contributed by atoms with E-state index in [1.165, 1.54) is 0 Å². The molecular formula is C16H23ClN4O2. The maximum atomic E-state index is 12.1. The van der Waals surface area contributed by atoms with Crippen LogP contribution in [0.5, 0.6) is 0 Å². The normalized spacial score (nSPS) is 17.7. The number of benzene rings is 1. The van der Waals surface area contributed by atoms with Gasteiger partial charge in [-0.05, 0) is 51.3 Å². The molecular weight excluding hydrogens is 316 g/mol. The molecule has 1 atom stereocenters. The monoisotopic (exact) mass is 338 g/mol. The highest BCUT2D eigenvalue weighted by molar-refractivity contribution is 6.30. The molecule has 1 heterocycles. The number of urea groups is 1. The Kier molecular flexibility index (Phi) is 6.24. The first kappa shape index (κ1) is 17.6. The van der Waals surface area contributed by atoms with Gasteiger partial charge in [-0.3, -0.25) is 4.79 Å². The van der Waals surface area contributed by atoms with Crippen LogP contribution in [0.3, 0.4) is 0 Å². The largest absolute Gasteiger partial charge is 0.338 e. The topological polar surface area (TPSA) is 64.7 Å². The fourth-order valence-corrected chi connectivity index (χ4v) is 2.63. The summed E-state index contributed by atoms with van der Waals surface area (Å²) in [5, 5.41) is 6.31. The number of anilines is 1. The number of rotatable bonds is 6. The fourth-order valence-electron chi connectivity index (χ4n) is 2.51. The SMILES string of the molecule is CN(C)CCCNC(=O)N[C@@H]1CC(=O)N(c2ccc(Cl)cc2)C1. The summed E-state index contributed by atoms with van der Waals surface area (Å²) in [5.74, 6) is 0.00484. The smallest absolute Gasteiger partial charge is 0.315 e. The molecule has 0 bridgehead atoms. The average Bonchev–Trinajstić information content (AvgIpc) is 2.85. The minimum Gasteiger partial charge on any atom is -0.338 e. The Morgan fingerprint density at radius 2 is 2.04 bits per heavy atom. The average molecular weight is 339 g/mol. The highest BCUT2D eigenvalue weighted by Gasteiger charge is 2.31. The third-order valence-corrected chi connectivity index (χ3v) is 3.92. The first-order valence-corrected chi connectivity index (χ1v) is 8.08. The van der Waals surface area contributed by atoms with Gasteiger partial charge >= 0.3 is 6.03 Å². The van der Waals surface area contributed by atoms with Crippen molar-refractivity contribution in [1.82, 2.24) is 15.5 Å². The van der Waals surface area contributed by atoms with E-state index in [2.05, 4.69) is 15.5 Å². The molecule has 1 aliphatic rings. The van der Waals surface area contributed by atoms with Gasteiger partial charge in [-0.2, -0.15) is 0 Å². The van der Waals surface area contributed by atoms with E-state index < -0.39 is 0 Å². The van der Waals surface area contributed by atoms with Crippen LogP contribution in [-0.4, -0.2) is 56.6 Å². The zero-order chi connectivity index (χ0) is 16.8. The molecule has 1 aromatic rings. The molecule has 6 nitrogen and oxygen atoms in total. The van der Waals surface area contributed by atoms with Crippen molar-refractivity contribution in [3.05, 3.63) is 29.3 Å². The summed E-state index contributed by atoms with van der Waals surface area (Å²) >= 11 is 5.86. The Bertz CT molecular complexity index is 548. The molecule has 0 aliphatic carbocycles. The lowest BCUT2D eigenvalue weighted by molar-refractivity contribution is -0.117. The first-order valence-electron chi connectivity index (χ1n) is 7.70. The lowest BCUT2D eigenvalue weighted by Gasteiger charge is -2.17. The van der Waals surface area contributed by atoms with Crippen LogP contribution >= 0.6 is 11.6 Å². The molecule has 1 aromatic carbocycles. The van der Waals surface area contributed by atoms with Crippen molar-refractivity contribution in [3.8, 4) is 0 Å². The number of nitrogens with one attached hydrogen (secondary N) is 2. The van der Waals surface area contributed by atoms with Gasteiger partial charge in [0.25, 0.3) is 0 Å². The van der Waals surface area contributed by atoms with Crippen LogP contribution in [0.1, 0.15) is 12.8 Å². The van der Waals surface area contributed by atoms with Crippen molar-refractivity contribution in [2.75, 3.05) is 38.6 Å². The molecule has 3 amide bonds. The molecule has 0 saturated carbocycles. The molecule has 1 aliphatic heterocycles. The van der Waals surface area contributed by atoms with Crippen LogP contribution in [0.15, 0.2) is 24.3 Å². The molecule has 126 valence electrons. The van der Waals surface area contributed by atoms with Gasteiger partial charge in [0, 0.05) is 30.2 Å². The number of nitrogens with zero attached hydrogens (tertiary/aromatic N) is 2. The summed E-state index contributed by atoms with van der Waals surface area (Å²) in [4.78, 5) is 27.7. The molecule has 1 saturated heterocycles. The van der Waals surface area contributed by atoms with Crippen molar-refractivity contribution in [2.24, 2.45) is 0 Å². The van der Waals surface area contributed by atoms with Gasteiger partial charge in [0.15, 0.2) is 0 Å². The second-order valence-corrected chi connectivity index (χ2v) is 6.38. The van der Waals surface area contributed by atoms with Crippen LogP contribution in [0.2, 0.25) is 5.02 Å². The van der Waals surface area contributed by atoms with Gasteiger partial charge in [0.05, 0.1) is 6.04 Å². The van der Waals surface area contributed by atoms with E-state index in [9.17, 15) is 9.59 Å². The molecule has 7 heteroatoms. The summed E-state index contributed by atoms with van der Waals surface area (Å²) in [6.45, 7) is 2.02. The van der Waals surface area contributed by atoms with Crippen LogP contribution < -0.4 is 15.5 Å². The standard InChI is InChI=1S/C16H23ClN4O2/c1-20(2)9-3-8-18-16(23)19-13-10-15(22)21(11-13)14-6-4-12(17)5-7-14/h4-7,13H,3,8-11H2,1-2H3,(H2,18,19,23)/t13-/m1/s1. The third-order valence-electron chi connectivity index (χ3n) is 3.67. The van der Waals surface area contributed by atoms with Crippen molar-refractivity contribution in [3.63, 3.8) is 0 Å². The minimum absolute atomic E-state index is 0.00484. The van der Waals surface area contributed by atoms with E-state index in [0.29, 0.717) is 24.5 Å². The summed E-state index contributed by atoms with van der Waals surface area (Å²) in [6.07, 6.45) is 1.20. The zero-order valence-electron chi connectivity index (χ0n) is 13.5.